The molecule has 0 bridgehead atoms. The van der Waals surface area contributed by atoms with E-state index in [1.807, 2.05) is 0 Å². The Labute approximate surface area is 178 Å². The molecule has 0 N–H and O–H groups in total. The lowest BCUT2D eigenvalue weighted by Crippen LogP contribution is -2.31. The van der Waals surface area contributed by atoms with E-state index in [-0.39, 0.29) is 5.41 Å². The van der Waals surface area contributed by atoms with Crippen LogP contribution >= 0.6 is 0 Å². The van der Waals surface area contributed by atoms with Gasteiger partial charge in [0.15, 0.2) is 0 Å². The van der Waals surface area contributed by atoms with Gasteiger partial charge in [0.25, 0.3) is 0 Å². The number of hydrogen-bond donors (Lipinski definition) is 0. The zero-order chi connectivity index (χ0) is 19.7. The third kappa shape index (κ3) is 1.94. The van der Waals surface area contributed by atoms with Crippen LogP contribution in [0.15, 0.2) is 103 Å². The summed E-state index contributed by atoms with van der Waals surface area (Å²) in [5.74, 6) is 2.57. The molecule has 7 rings (SSSR count). The molecule has 4 aromatic rings. The lowest BCUT2D eigenvalue weighted by molar-refractivity contribution is 0.463. The Hall–Kier alpha value is -3.25. The van der Waals surface area contributed by atoms with E-state index in [1.165, 1.54) is 27.8 Å². The van der Waals surface area contributed by atoms with Gasteiger partial charge < -0.3 is 0 Å². The molecule has 142 valence electrons. The zero-order valence-corrected chi connectivity index (χ0v) is 16.9. The van der Waals surface area contributed by atoms with Gasteiger partial charge in [-0.05, 0) is 52.8 Å². The number of benzene rings is 4. The van der Waals surface area contributed by atoms with Crippen LogP contribution in [0.4, 0.5) is 0 Å². The lowest BCUT2D eigenvalue weighted by atomic mass is 9.68. The summed E-state index contributed by atoms with van der Waals surface area (Å²) < 4.78 is 0. The number of hydrogen-bond acceptors (Lipinski definition) is 0. The van der Waals surface area contributed by atoms with Crippen LogP contribution in [0.2, 0.25) is 0 Å². The molecule has 3 aliphatic rings. The quantitative estimate of drug-likeness (QED) is 0.343. The average molecular weight is 384 g/mol. The van der Waals surface area contributed by atoms with Gasteiger partial charge in [0.1, 0.15) is 5.56 Å². The van der Waals surface area contributed by atoms with Crippen molar-refractivity contribution < 1.29 is 0 Å². The van der Waals surface area contributed by atoms with E-state index in [2.05, 4.69) is 103 Å². The van der Waals surface area contributed by atoms with E-state index in [1.54, 1.807) is 17.0 Å². The number of fused-ring (bicyclic) bond motifs is 6. The highest BCUT2D eigenvalue weighted by Gasteiger charge is 2.70. The van der Waals surface area contributed by atoms with Crippen LogP contribution < -0.4 is 0 Å². The predicted octanol–water partition coefficient (Wildman–Crippen LogP) is 6.59. The van der Waals surface area contributed by atoms with Crippen LogP contribution in [0.5, 0.6) is 0 Å². The highest BCUT2D eigenvalue weighted by molar-refractivity contribution is 5.73. The normalized spacial score (nSPS) is 24.7. The molecule has 30 heavy (non-hydrogen) atoms. The minimum Gasteiger partial charge on any atom is -0.0622 e. The fourth-order valence-electron chi connectivity index (χ4n) is 6.88. The Kier molecular flexibility index (Phi) is 3.25. The van der Waals surface area contributed by atoms with Crippen molar-refractivity contribution in [3.05, 3.63) is 148 Å². The van der Waals surface area contributed by atoms with Crippen LogP contribution in [0, 0.1) is 5.92 Å². The van der Waals surface area contributed by atoms with Crippen LogP contribution in [-0.4, -0.2) is 0 Å². The maximum absolute atomic E-state index is 2.42. The summed E-state index contributed by atoms with van der Waals surface area (Å²) in [6, 6.07) is 38.7. The summed E-state index contributed by atoms with van der Waals surface area (Å²) in [6.07, 6.45) is 2.20. The van der Waals surface area contributed by atoms with Gasteiger partial charge in [-0.2, -0.15) is 0 Å². The van der Waals surface area contributed by atoms with Gasteiger partial charge >= 0.3 is 0 Å². The second-order valence-electron chi connectivity index (χ2n) is 9.11. The molecule has 0 amide bonds. The number of rotatable bonds is 2. The van der Waals surface area contributed by atoms with E-state index in [9.17, 15) is 0 Å². The minimum atomic E-state index is 0.0867. The average Bonchev–Trinajstić information content (AvgIpc) is 3.37. The molecule has 0 nitrogen and oxygen atoms in total. The summed E-state index contributed by atoms with van der Waals surface area (Å²) in [4.78, 5) is 0. The fourth-order valence-corrected chi connectivity index (χ4v) is 6.88. The zero-order valence-electron chi connectivity index (χ0n) is 16.9. The minimum absolute atomic E-state index is 0.0867. The molecule has 0 aliphatic heterocycles. The molecule has 4 aromatic carbocycles. The molecule has 3 atom stereocenters. The van der Waals surface area contributed by atoms with Crippen LogP contribution in [0.3, 0.4) is 0 Å². The molecule has 0 heterocycles. The topological polar surface area (TPSA) is 0 Å². The first kappa shape index (κ1) is 16.5. The van der Waals surface area contributed by atoms with E-state index < -0.39 is 0 Å². The first-order valence-electron chi connectivity index (χ1n) is 11.1. The van der Waals surface area contributed by atoms with Gasteiger partial charge in [-0.15, -0.1) is 0 Å². The maximum atomic E-state index is 2.42. The van der Waals surface area contributed by atoms with Crippen molar-refractivity contribution in [2.45, 2.75) is 30.1 Å². The first-order valence-corrected chi connectivity index (χ1v) is 11.1. The van der Waals surface area contributed by atoms with Crippen molar-refractivity contribution in [3.63, 3.8) is 0 Å². The van der Waals surface area contributed by atoms with Gasteiger partial charge in [-0.3, -0.25) is 0 Å². The van der Waals surface area contributed by atoms with Crippen molar-refractivity contribution in [2.24, 2.45) is 0 Å². The molecule has 0 radical (unpaired) electrons. The molecule has 0 fully saturated rings. The molecule has 3 aliphatic carbocycles. The molecule has 0 heteroatoms. The van der Waals surface area contributed by atoms with Crippen molar-refractivity contribution >= 4 is 0 Å². The Morgan fingerprint density at radius 2 is 1.33 bits per heavy atom. The van der Waals surface area contributed by atoms with E-state index >= 15 is 0 Å². The van der Waals surface area contributed by atoms with Gasteiger partial charge in [-0.25, -0.2) is 0 Å². The standard InChI is InChI=1S/C30H23/c1-2-10-20(11-3-1)18-26-23-14-8-9-17-27(23)30-19-21-12-4-5-13-22(21)28(30)24-15-6-7-16-25(24)29(26)30/h1-17,26,28H,18-19H2/q+1/t26?,28-,30+/m1/s1. The van der Waals surface area contributed by atoms with E-state index in [0.29, 0.717) is 11.8 Å². The third-order valence-corrected chi connectivity index (χ3v) is 7.82. The van der Waals surface area contributed by atoms with Crippen molar-refractivity contribution in [1.82, 2.24) is 0 Å². The van der Waals surface area contributed by atoms with Gasteiger partial charge in [0, 0.05) is 12.1 Å². The predicted molar refractivity (Wildman–Crippen MR) is 122 cm³/mol. The highest BCUT2D eigenvalue weighted by Crippen LogP contribution is 2.71. The Morgan fingerprint density at radius 3 is 2.20 bits per heavy atom. The fraction of sp³-hybridized carbons (Fsp3) is 0.167. The van der Waals surface area contributed by atoms with Crippen LogP contribution in [0.1, 0.15) is 50.8 Å². The molecular weight excluding hydrogens is 360 g/mol. The summed E-state index contributed by atoms with van der Waals surface area (Å²) in [5.41, 5.74) is 10.7. The van der Waals surface area contributed by atoms with Crippen molar-refractivity contribution in [3.8, 4) is 0 Å². The van der Waals surface area contributed by atoms with Crippen LogP contribution in [0.25, 0.3) is 0 Å². The van der Waals surface area contributed by atoms with Crippen molar-refractivity contribution in [2.75, 3.05) is 0 Å². The molecule has 1 unspecified atom stereocenters. The van der Waals surface area contributed by atoms with E-state index in [4.69, 9.17) is 0 Å². The Morgan fingerprint density at radius 1 is 0.667 bits per heavy atom. The SMILES string of the molecule is c1ccc(CC2c3ccccc3[C@@]34Cc5ccccc5[C@@H]3c3ccccc3[C+]24)cc1. The van der Waals surface area contributed by atoms with Gasteiger partial charge in [0.2, 0.25) is 0 Å². The van der Waals surface area contributed by atoms with E-state index in [0.717, 1.165) is 12.8 Å². The molecule has 0 saturated heterocycles. The first-order chi connectivity index (χ1) is 14.9. The molecule has 1 spiro atoms. The molecule has 0 saturated carbocycles. The summed E-state index contributed by atoms with van der Waals surface area (Å²) in [5, 5.41) is 0. The van der Waals surface area contributed by atoms with Crippen LogP contribution in [-0.2, 0) is 18.3 Å². The largest absolute Gasteiger partial charge is 0.138 e. The lowest BCUT2D eigenvalue weighted by Gasteiger charge is -2.28. The molecular formula is C30H23+. The summed E-state index contributed by atoms with van der Waals surface area (Å²) in [7, 11) is 0. The summed E-state index contributed by atoms with van der Waals surface area (Å²) in [6.45, 7) is 0. The third-order valence-electron chi connectivity index (χ3n) is 7.82. The Balaban J connectivity index is 1.50. The second-order valence-corrected chi connectivity index (χ2v) is 9.11. The maximum Gasteiger partial charge on any atom is 0.138 e. The van der Waals surface area contributed by atoms with Gasteiger partial charge in [0.05, 0.1) is 28.7 Å². The summed E-state index contributed by atoms with van der Waals surface area (Å²) >= 11 is 0. The second kappa shape index (κ2) is 5.89. The monoisotopic (exact) mass is 383 g/mol. The smallest absolute Gasteiger partial charge is 0.0622 e. The highest BCUT2D eigenvalue weighted by atomic mass is 14.7. The Bertz CT molecular complexity index is 1270. The molecule has 0 aromatic heterocycles. The van der Waals surface area contributed by atoms with Gasteiger partial charge in [-0.1, -0.05) is 78.9 Å². The van der Waals surface area contributed by atoms with Crippen molar-refractivity contribution in [1.29, 1.82) is 0 Å².